The number of nitrogens with zero attached hydrogens (tertiary/aromatic N) is 3. The fourth-order valence-electron chi connectivity index (χ4n) is 2.45. The number of thioether (sulfide) groups is 1. The number of hydrogen-bond donors (Lipinski definition) is 2. The number of carbonyl (C=O) groups is 1. The van der Waals surface area contributed by atoms with Gasteiger partial charge in [0.25, 0.3) is 0 Å². The smallest absolute Gasteiger partial charge is 0.233 e. The molecular weight excluding hydrogens is 274 g/mol. The van der Waals surface area contributed by atoms with Gasteiger partial charge in [0.05, 0.1) is 5.25 Å². The van der Waals surface area contributed by atoms with Gasteiger partial charge < -0.3 is 11.1 Å². The number of amides is 1. The van der Waals surface area contributed by atoms with Crippen LogP contribution >= 0.6 is 11.8 Å². The summed E-state index contributed by atoms with van der Waals surface area (Å²) in [6.45, 7) is 5.94. The van der Waals surface area contributed by atoms with Crippen LogP contribution in [0, 0.1) is 0 Å². The number of nitrogen functional groups attached to an aromatic ring is 1. The molecule has 1 atom stereocenters. The first-order valence-electron chi connectivity index (χ1n) is 7.16. The molecule has 0 aliphatic heterocycles. The number of aromatic nitrogens is 3. The van der Waals surface area contributed by atoms with E-state index in [1.165, 1.54) is 24.6 Å². The standard InChI is InChI=1S/C13H23N5OS/c1-8(2)18-12(14)16-17-13(18)20-9(3)11(19)15-10-6-4-5-7-10/h8-10H,4-7H2,1-3H3,(H2,14,16)(H,15,19). The van der Waals surface area contributed by atoms with E-state index < -0.39 is 0 Å². The minimum atomic E-state index is -0.198. The Morgan fingerprint density at radius 2 is 2.00 bits per heavy atom. The van der Waals surface area contributed by atoms with Crippen molar-refractivity contribution < 1.29 is 4.79 Å². The molecule has 0 saturated heterocycles. The lowest BCUT2D eigenvalue weighted by atomic mass is 10.2. The molecule has 6 nitrogen and oxygen atoms in total. The van der Waals surface area contributed by atoms with E-state index in [4.69, 9.17) is 5.73 Å². The molecule has 1 fully saturated rings. The highest BCUT2D eigenvalue weighted by Crippen LogP contribution is 2.27. The number of nitrogens with one attached hydrogen (secondary N) is 1. The Kier molecular flexibility index (Phi) is 4.91. The summed E-state index contributed by atoms with van der Waals surface area (Å²) in [6.07, 6.45) is 4.62. The number of anilines is 1. The third-order valence-corrected chi connectivity index (χ3v) is 4.62. The average molecular weight is 297 g/mol. The first-order valence-corrected chi connectivity index (χ1v) is 8.04. The van der Waals surface area contributed by atoms with E-state index in [1.807, 2.05) is 25.3 Å². The molecule has 0 radical (unpaired) electrons. The fraction of sp³-hybridized carbons (Fsp3) is 0.769. The van der Waals surface area contributed by atoms with Gasteiger partial charge >= 0.3 is 0 Å². The van der Waals surface area contributed by atoms with E-state index in [0.717, 1.165) is 12.8 Å². The average Bonchev–Trinajstić information content (AvgIpc) is 2.99. The largest absolute Gasteiger partial charge is 0.368 e. The first kappa shape index (κ1) is 15.2. The van der Waals surface area contributed by atoms with E-state index in [9.17, 15) is 4.79 Å². The van der Waals surface area contributed by atoms with Gasteiger partial charge in [0.15, 0.2) is 5.16 Å². The second kappa shape index (κ2) is 6.47. The van der Waals surface area contributed by atoms with Gasteiger partial charge in [-0.05, 0) is 33.6 Å². The van der Waals surface area contributed by atoms with Gasteiger partial charge in [-0.3, -0.25) is 9.36 Å². The molecular formula is C13H23N5OS. The van der Waals surface area contributed by atoms with Crippen LogP contribution < -0.4 is 11.1 Å². The van der Waals surface area contributed by atoms with Crippen LogP contribution in [0.4, 0.5) is 5.95 Å². The van der Waals surface area contributed by atoms with E-state index in [-0.39, 0.29) is 17.2 Å². The minimum Gasteiger partial charge on any atom is -0.368 e. The van der Waals surface area contributed by atoms with E-state index in [2.05, 4.69) is 15.5 Å². The summed E-state index contributed by atoms with van der Waals surface area (Å²) in [4.78, 5) is 12.2. The second-order valence-corrected chi connectivity index (χ2v) is 6.86. The van der Waals surface area contributed by atoms with Crippen LogP contribution in [-0.2, 0) is 4.79 Å². The molecule has 0 spiro atoms. The van der Waals surface area contributed by atoms with Gasteiger partial charge in [-0.2, -0.15) is 0 Å². The van der Waals surface area contributed by atoms with Crippen molar-refractivity contribution in [1.82, 2.24) is 20.1 Å². The van der Waals surface area contributed by atoms with Gasteiger partial charge in [-0.15, -0.1) is 10.2 Å². The zero-order valence-electron chi connectivity index (χ0n) is 12.3. The van der Waals surface area contributed by atoms with Crippen molar-refractivity contribution in [2.24, 2.45) is 0 Å². The molecule has 20 heavy (non-hydrogen) atoms. The SMILES string of the molecule is CC(Sc1nnc(N)n1C(C)C)C(=O)NC1CCCC1. The molecule has 1 amide bonds. The summed E-state index contributed by atoms with van der Waals surface area (Å²) in [5.41, 5.74) is 5.80. The molecule has 1 aromatic rings. The van der Waals surface area contributed by atoms with Gasteiger partial charge in [0, 0.05) is 12.1 Å². The normalized spacial score (nSPS) is 17.6. The Morgan fingerprint density at radius 3 is 2.60 bits per heavy atom. The Hall–Kier alpha value is -1.24. The summed E-state index contributed by atoms with van der Waals surface area (Å²) in [6, 6.07) is 0.524. The quantitative estimate of drug-likeness (QED) is 0.812. The summed E-state index contributed by atoms with van der Waals surface area (Å²) >= 11 is 1.41. The molecule has 1 saturated carbocycles. The molecule has 0 bridgehead atoms. The minimum absolute atomic E-state index is 0.0683. The van der Waals surface area contributed by atoms with Crippen molar-refractivity contribution in [2.75, 3.05) is 5.73 Å². The van der Waals surface area contributed by atoms with Crippen molar-refractivity contribution in [3.8, 4) is 0 Å². The van der Waals surface area contributed by atoms with E-state index in [1.54, 1.807) is 0 Å². The predicted octanol–water partition coefficient (Wildman–Crippen LogP) is 1.98. The van der Waals surface area contributed by atoms with Crippen molar-refractivity contribution in [3.05, 3.63) is 0 Å². The maximum absolute atomic E-state index is 12.2. The molecule has 0 aromatic carbocycles. The molecule has 3 N–H and O–H groups in total. The Labute approximate surface area is 123 Å². The monoisotopic (exact) mass is 297 g/mol. The molecule has 2 rings (SSSR count). The molecule has 112 valence electrons. The van der Waals surface area contributed by atoms with Crippen LogP contribution in [0.15, 0.2) is 5.16 Å². The van der Waals surface area contributed by atoms with Crippen LogP contribution in [0.25, 0.3) is 0 Å². The molecule has 1 unspecified atom stereocenters. The summed E-state index contributed by atoms with van der Waals surface area (Å²) in [5.74, 6) is 0.463. The number of hydrogen-bond acceptors (Lipinski definition) is 5. The highest BCUT2D eigenvalue weighted by Gasteiger charge is 2.23. The zero-order chi connectivity index (χ0) is 14.7. The maximum atomic E-state index is 12.2. The second-order valence-electron chi connectivity index (χ2n) is 5.55. The third kappa shape index (κ3) is 3.45. The van der Waals surface area contributed by atoms with E-state index >= 15 is 0 Å². The van der Waals surface area contributed by atoms with Crippen LogP contribution in [0.3, 0.4) is 0 Å². The molecule has 7 heteroatoms. The first-order chi connectivity index (χ1) is 9.49. The van der Waals surface area contributed by atoms with E-state index in [0.29, 0.717) is 17.1 Å². The lowest BCUT2D eigenvalue weighted by Crippen LogP contribution is -2.37. The number of nitrogens with two attached hydrogens (primary N) is 1. The summed E-state index contributed by atoms with van der Waals surface area (Å²) < 4.78 is 1.85. The highest BCUT2D eigenvalue weighted by atomic mass is 32.2. The zero-order valence-corrected chi connectivity index (χ0v) is 13.1. The van der Waals surface area contributed by atoms with Crippen molar-refractivity contribution in [2.45, 2.75) is 68.9 Å². The number of carbonyl (C=O) groups excluding carboxylic acids is 1. The Bertz CT molecular complexity index is 467. The van der Waals surface area contributed by atoms with Crippen molar-refractivity contribution in [3.63, 3.8) is 0 Å². The van der Waals surface area contributed by atoms with Crippen molar-refractivity contribution >= 4 is 23.6 Å². The lowest BCUT2D eigenvalue weighted by Gasteiger charge is -2.17. The molecule has 1 heterocycles. The molecule has 1 aromatic heterocycles. The third-order valence-electron chi connectivity index (χ3n) is 3.56. The summed E-state index contributed by atoms with van der Waals surface area (Å²) in [7, 11) is 0. The highest BCUT2D eigenvalue weighted by molar-refractivity contribution is 8.00. The van der Waals surface area contributed by atoms with Crippen LogP contribution in [0.5, 0.6) is 0 Å². The molecule has 1 aliphatic rings. The van der Waals surface area contributed by atoms with Crippen molar-refractivity contribution in [1.29, 1.82) is 0 Å². The van der Waals surface area contributed by atoms with Gasteiger partial charge in [0.2, 0.25) is 11.9 Å². The lowest BCUT2D eigenvalue weighted by molar-refractivity contribution is -0.120. The fourth-order valence-corrected chi connectivity index (χ4v) is 3.45. The topological polar surface area (TPSA) is 85.8 Å². The van der Waals surface area contributed by atoms with Gasteiger partial charge in [0.1, 0.15) is 0 Å². The predicted molar refractivity (Wildman–Crippen MR) is 80.5 cm³/mol. The maximum Gasteiger partial charge on any atom is 0.233 e. The van der Waals surface area contributed by atoms with Crippen LogP contribution in [-0.4, -0.2) is 32.0 Å². The Morgan fingerprint density at radius 1 is 1.35 bits per heavy atom. The molecule has 1 aliphatic carbocycles. The van der Waals surface area contributed by atoms with Gasteiger partial charge in [-0.1, -0.05) is 24.6 Å². The summed E-state index contributed by atoms with van der Waals surface area (Å²) in [5, 5.41) is 11.6. The Balaban J connectivity index is 1.96. The van der Waals surface area contributed by atoms with Crippen LogP contribution in [0.2, 0.25) is 0 Å². The number of rotatable bonds is 5. The van der Waals surface area contributed by atoms with Gasteiger partial charge in [-0.25, -0.2) is 0 Å². The van der Waals surface area contributed by atoms with Crippen LogP contribution in [0.1, 0.15) is 52.5 Å².